The van der Waals surface area contributed by atoms with Gasteiger partial charge in [0, 0.05) is 0 Å². The molecule has 3 aromatic carbocycles. The van der Waals surface area contributed by atoms with Crippen molar-refractivity contribution in [2.24, 2.45) is 0 Å². The molecule has 0 heterocycles. The molecule has 0 spiro atoms. The molecule has 0 aromatic heterocycles. The zero-order chi connectivity index (χ0) is 21.8. The van der Waals surface area contributed by atoms with E-state index in [2.05, 4.69) is 24.3 Å². The number of aromatic carboxylic acids is 1. The van der Waals surface area contributed by atoms with E-state index in [1.165, 1.54) is 22.3 Å². The van der Waals surface area contributed by atoms with Crippen molar-refractivity contribution >= 4 is 5.97 Å². The van der Waals surface area contributed by atoms with Gasteiger partial charge < -0.3 is 14.6 Å². The Kier molecular flexibility index (Phi) is 6.26. The highest BCUT2D eigenvalue weighted by atomic mass is 16.5. The van der Waals surface area contributed by atoms with Gasteiger partial charge in [0.25, 0.3) is 0 Å². The van der Waals surface area contributed by atoms with Gasteiger partial charge in [0.15, 0.2) is 11.5 Å². The number of hydrogen-bond acceptors (Lipinski definition) is 3. The van der Waals surface area contributed by atoms with Crippen molar-refractivity contribution in [3.63, 3.8) is 0 Å². The first-order valence-corrected chi connectivity index (χ1v) is 10.7. The number of ether oxygens (including phenoxy) is 2. The van der Waals surface area contributed by atoms with E-state index in [0.717, 1.165) is 49.2 Å². The van der Waals surface area contributed by atoms with Crippen molar-refractivity contribution < 1.29 is 19.4 Å². The van der Waals surface area contributed by atoms with Gasteiger partial charge in [-0.15, -0.1) is 0 Å². The van der Waals surface area contributed by atoms with Crippen LogP contribution in [0.4, 0.5) is 0 Å². The molecule has 0 fully saturated rings. The van der Waals surface area contributed by atoms with Gasteiger partial charge in [-0.1, -0.05) is 42.5 Å². The molecule has 1 N–H and O–H groups in total. The summed E-state index contributed by atoms with van der Waals surface area (Å²) in [4.78, 5) is 11.1. The molecule has 1 aliphatic rings. The summed E-state index contributed by atoms with van der Waals surface area (Å²) in [6.45, 7) is 0. The molecule has 4 nitrogen and oxygen atoms in total. The number of rotatable bonds is 8. The minimum atomic E-state index is -0.886. The van der Waals surface area contributed by atoms with Crippen molar-refractivity contribution in [3.8, 4) is 11.5 Å². The molecule has 4 rings (SSSR count). The zero-order valence-corrected chi connectivity index (χ0v) is 18.1. The number of carboxylic acid groups (broad SMARTS) is 1. The summed E-state index contributed by atoms with van der Waals surface area (Å²) in [5.41, 5.74) is 6.99. The van der Waals surface area contributed by atoms with E-state index in [0.29, 0.717) is 11.5 Å². The van der Waals surface area contributed by atoms with Crippen molar-refractivity contribution in [1.82, 2.24) is 0 Å². The highest BCUT2D eigenvalue weighted by molar-refractivity contribution is 5.87. The third kappa shape index (κ3) is 4.43. The lowest BCUT2D eigenvalue weighted by molar-refractivity contribution is 0.0697. The van der Waals surface area contributed by atoms with Gasteiger partial charge in [0.05, 0.1) is 19.8 Å². The van der Waals surface area contributed by atoms with Crippen molar-refractivity contribution in [2.75, 3.05) is 14.2 Å². The minimum Gasteiger partial charge on any atom is -0.493 e. The van der Waals surface area contributed by atoms with Gasteiger partial charge in [-0.25, -0.2) is 4.79 Å². The fourth-order valence-corrected chi connectivity index (χ4v) is 4.78. The fraction of sp³-hybridized carbons (Fsp3) is 0.296. The Labute approximate surface area is 183 Å². The second kappa shape index (κ2) is 9.25. The quantitative estimate of drug-likeness (QED) is 0.530. The van der Waals surface area contributed by atoms with Crippen molar-refractivity contribution in [2.45, 2.75) is 38.0 Å². The van der Waals surface area contributed by atoms with Gasteiger partial charge in [0.1, 0.15) is 0 Å². The van der Waals surface area contributed by atoms with Gasteiger partial charge in [-0.3, -0.25) is 0 Å². The van der Waals surface area contributed by atoms with Crippen LogP contribution in [-0.2, 0) is 25.7 Å². The van der Waals surface area contributed by atoms with E-state index in [1.54, 1.807) is 26.4 Å². The van der Waals surface area contributed by atoms with Crippen LogP contribution in [0, 0.1) is 0 Å². The largest absolute Gasteiger partial charge is 0.493 e. The Balaban J connectivity index is 1.55. The number of benzene rings is 3. The molecule has 1 unspecified atom stereocenters. The second-order valence-corrected chi connectivity index (χ2v) is 8.08. The minimum absolute atomic E-state index is 0.330. The number of aryl methyl sites for hydroxylation is 3. The Morgan fingerprint density at radius 3 is 2.39 bits per heavy atom. The van der Waals surface area contributed by atoms with Crippen LogP contribution >= 0.6 is 0 Å². The van der Waals surface area contributed by atoms with Gasteiger partial charge in [-0.05, 0) is 84.0 Å². The van der Waals surface area contributed by atoms with Crippen LogP contribution in [0.5, 0.6) is 11.5 Å². The predicted octanol–water partition coefficient (Wildman–Crippen LogP) is 5.46. The zero-order valence-electron chi connectivity index (χ0n) is 18.1. The standard InChI is InChI=1S/C27H28O4/c1-30-24-8-4-7-23(26(24)31-2)17-22-16-15-20-6-3-5-19(25(20)22)12-9-18-10-13-21(14-11-18)27(28)29/h3-8,10-11,13-14,22H,9,12,15-17H2,1-2H3,(H,28,29). The molecule has 0 bridgehead atoms. The van der Waals surface area contributed by atoms with E-state index < -0.39 is 5.97 Å². The average Bonchev–Trinajstić information content (AvgIpc) is 3.21. The summed E-state index contributed by atoms with van der Waals surface area (Å²) in [6, 6.07) is 20.0. The topological polar surface area (TPSA) is 55.8 Å². The highest BCUT2D eigenvalue weighted by Gasteiger charge is 2.26. The van der Waals surface area contributed by atoms with Crippen LogP contribution in [0.2, 0.25) is 0 Å². The SMILES string of the molecule is COc1cccc(CC2CCc3cccc(CCc4ccc(C(=O)O)cc4)c32)c1OC. The Morgan fingerprint density at radius 2 is 1.68 bits per heavy atom. The fourth-order valence-electron chi connectivity index (χ4n) is 4.78. The van der Waals surface area contributed by atoms with Crippen LogP contribution in [0.1, 0.15) is 50.5 Å². The summed E-state index contributed by atoms with van der Waals surface area (Å²) in [5.74, 6) is 1.18. The molecular formula is C27H28O4. The van der Waals surface area contributed by atoms with Crippen LogP contribution in [0.25, 0.3) is 0 Å². The van der Waals surface area contributed by atoms with E-state index in [4.69, 9.17) is 14.6 Å². The maximum atomic E-state index is 11.1. The molecule has 31 heavy (non-hydrogen) atoms. The molecule has 0 saturated heterocycles. The van der Waals surface area contributed by atoms with Gasteiger partial charge in [0.2, 0.25) is 0 Å². The van der Waals surface area contributed by atoms with E-state index in [9.17, 15) is 4.79 Å². The molecule has 0 radical (unpaired) electrons. The number of carboxylic acids is 1. The molecule has 4 heteroatoms. The summed E-state index contributed by atoms with van der Waals surface area (Å²) >= 11 is 0. The van der Waals surface area contributed by atoms with E-state index in [1.807, 2.05) is 24.3 Å². The highest BCUT2D eigenvalue weighted by Crippen LogP contribution is 2.41. The first-order valence-electron chi connectivity index (χ1n) is 10.7. The molecule has 0 saturated carbocycles. The third-order valence-corrected chi connectivity index (χ3v) is 6.29. The first kappa shape index (κ1) is 21.0. The van der Waals surface area contributed by atoms with Gasteiger partial charge >= 0.3 is 5.97 Å². The first-order chi connectivity index (χ1) is 15.1. The number of fused-ring (bicyclic) bond motifs is 1. The average molecular weight is 417 g/mol. The molecule has 0 aliphatic heterocycles. The second-order valence-electron chi connectivity index (χ2n) is 8.08. The number of methoxy groups -OCH3 is 2. The Morgan fingerprint density at radius 1 is 0.935 bits per heavy atom. The summed E-state index contributed by atoms with van der Waals surface area (Å²) < 4.78 is 11.1. The van der Waals surface area contributed by atoms with E-state index in [-0.39, 0.29) is 0 Å². The van der Waals surface area contributed by atoms with Crippen LogP contribution in [0.15, 0.2) is 60.7 Å². The molecule has 1 aliphatic carbocycles. The van der Waals surface area contributed by atoms with E-state index >= 15 is 0 Å². The molecular weight excluding hydrogens is 388 g/mol. The monoisotopic (exact) mass is 416 g/mol. The molecule has 1 atom stereocenters. The molecule has 0 amide bonds. The van der Waals surface area contributed by atoms with Crippen LogP contribution < -0.4 is 9.47 Å². The Hall–Kier alpha value is -3.27. The van der Waals surface area contributed by atoms with Crippen molar-refractivity contribution in [1.29, 1.82) is 0 Å². The Bertz CT molecular complexity index is 1070. The summed E-state index contributed by atoms with van der Waals surface area (Å²) in [7, 11) is 3.37. The van der Waals surface area contributed by atoms with Crippen molar-refractivity contribution in [3.05, 3.63) is 94.0 Å². The maximum Gasteiger partial charge on any atom is 0.335 e. The predicted molar refractivity (Wildman–Crippen MR) is 122 cm³/mol. The normalized spacial score (nSPS) is 14.8. The lowest BCUT2D eigenvalue weighted by atomic mass is 9.88. The number of para-hydroxylation sites is 1. The smallest absolute Gasteiger partial charge is 0.335 e. The maximum absolute atomic E-state index is 11.1. The lowest BCUT2D eigenvalue weighted by Gasteiger charge is -2.19. The lowest BCUT2D eigenvalue weighted by Crippen LogP contribution is -2.06. The summed E-state index contributed by atoms with van der Waals surface area (Å²) in [5, 5.41) is 9.09. The molecule has 160 valence electrons. The van der Waals surface area contributed by atoms with Gasteiger partial charge in [-0.2, -0.15) is 0 Å². The molecule has 3 aromatic rings. The van der Waals surface area contributed by atoms with Crippen LogP contribution in [-0.4, -0.2) is 25.3 Å². The summed E-state index contributed by atoms with van der Waals surface area (Å²) in [6.07, 6.45) is 5.01. The third-order valence-electron chi connectivity index (χ3n) is 6.29. The number of hydrogen-bond donors (Lipinski definition) is 1. The number of carbonyl (C=O) groups is 1. The van der Waals surface area contributed by atoms with Crippen LogP contribution in [0.3, 0.4) is 0 Å².